The number of non-ortho nitro benzene ring substituents is 1. The molecule has 3 aromatic rings. The first-order valence-electron chi connectivity index (χ1n) is 13.4. The number of benzene rings is 3. The first kappa shape index (κ1) is 27.5. The van der Waals surface area contributed by atoms with Crippen LogP contribution in [0.25, 0.3) is 0 Å². The van der Waals surface area contributed by atoms with E-state index in [1.54, 1.807) is 35.2 Å². The first-order valence-corrected chi connectivity index (χ1v) is 14.7. The molecule has 5 atom stereocenters. The molecule has 0 spiro atoms. The van der Waals surface area contributed by atoms with Gasteiger partial charge in [-0.2, -0.15) is 0 Å². The van der Waals surface area contributed by atoms with E-state index in [0.29, 0.717) is 43.2 Å². The van der Waals surface area contributed by atoms with Crippen molar-refractivity contribution in [1.29, 1.82) is 0 Å². The van der Waals surface area contributed by atoms with Gasteiger partial charge in [0.15, 0.2) is 0 Å². The Labute approximate surface area is 245 Å². The van der Waals surface area contributed by atoms with Crippen molar-refractivity contribution in [3.63, 3.8) is 0 Å². The van der Waals surface area contributed by atoms with Crippen LogP contribution in [0.15, 0.2) is 71.6 Å². The molecular formula is C29H27ClN4O6S. The summed E-state index contributed by atoms with van der Waals surface area (Å²) in [7, 11) is 0. The smallest absolute Gasteiger partial charge is 0.282 e. The lowest BCUT2D eigenvalue weighted by Crippen LogP contribution is -2.41. The molecule has 6 rings (SSSR count). The fourth-order valence-corrected chi connectivity index (χ4v) is 8.21. The normalized spacial score (nSPS) is 25.1. The van der Waals surface area contributed by atoms with E-state index in [1.807, 2.05) is 18.2 Å². The van der Waals surface area contributed by atoms with Crippen molar-refractivity contribution in [1.82, 2.24) is 4.90 Å². The average molecular weight is 595 g/mol. The second kappa shape index (κ2) is 11.3. The summed E-state index contributed by atoms with van der Waals surface area (Å²) in [5.41, 5.74) is 3.10. The molecule has 1 saturated carbocycles. The zero-order valence-corrected chi connectivity index (χ0v) is 23.4. The van der Waals surface area contributed by atoms with Gasteiger partial charge in [-0.3, -0.25) is 25.0 Å². The number of nitro benzene ring substituents is 2. The number of carbonyl (C=O) groups is 1. The summed E-state index contributed by atoms with van der Waals surface area (Å²) in [4.78, 5) is 38.2. The lowest BCUT2D eigenvalue weighted by atomic mass is 9.76. The molecule has 3 aromatic carbocycles. The van der Waals surface area contributed by atoms with Crippen molar-refractivity contribution in [3.8, 4) is 0 Å². The number of alkyl halides is 1. The topological polar surface area (TPSA) is 128 Å². The molecule has 1 N–H and O–H groups in total. The summed E-state index contributed by atoms with van der Waals surface area (Å²) < 4.78 is 5.43. The van der Waals surface area contributed by atoms with E-state index in [-0.39, 0.29) is 50.7 Å². The maximum absolute atomic E-state index is 13.7. The highest BCUT2D eigenvalue weighted by Gasteiger charge is 2.51. The van der Waals surface area contributed by atoms with Crippen molar-refractivity contribution in [2.45, 2.75) is 33.9 Å². The number of ether oxygens (including phenoxy) is 1. The van der Waals surface area contributed by atoms with Crippen LogP contribution >= 0.6 is 23.4 Å². The van der Waals surface area contributed by atoms with Crippen LogP contribution in [-0.4, -0.2) is 57.6 Å². The fourth-order valence-electron chi connectivity index (χ4n) is 6.26. The zero-order chi connectivity index (χ0) is 28.7. The van der Waals surface area contributed by atoms with Crippen LogP contribution in [0.1, 0.15) is 39.9 Å². The minimum Gasteiger partial charge on any atom is -0.378 e. The second-order valence-electron chi connectivity index (χ2n) is 10.4. The van der Waals surface area contributed by atoms with Gasteiger partial charge in [-0.25, -0.2) is 0 Å². The first-order chi connectivity index (χ1) is 19.8. The molecule has 41 heavy (non-hydrogen) atoms. The number of hydrogen-bond acceptors (Lipinski definition) is 8. The van der Waals surface area contributed by atoms with Crippen LogP contribution in [0.4, 0.5) is 17.1 Å². The van der Waals surface area contributed by atoms with E-state index in [1.165, 1.54) is 30.0 Å². The summed E-state index contributed by atoms with van der Waals surface area (Å²) in [5, 5.41) is 26.1. The highest BCUT2D eigenvalue weighted by molar-refractivity contribution is 8.00. The van der Waals surface area contributed by atoms with Gasteiger partial charge in [0.1, 0.15) is 0 Å². The molecule has 0 radical (unpaired) electrons. The molecule has 1 amide bonds. The van der Waals surface area contributed by atoms with Gasteiger partial charge in [-0.1, -0.05) is 36.4 Å². The SMILES string of the molecule is O=C(c1cccc2c1N[C@H](c1ccc([N+](=O)[O-])cc1)[C@@H]1C[C@H](Sc3ccccc3[N+](=O)[O-])[C@@H](Cl)[C@H]21)N1CCOCC1. The summed E-state index contributed by atoms with van der Waals surface area (Å²) >= 11 is 8.65. The van der Waals surface area contributed by atoms with E-state index in [9.17, 15) is 25.0 Å². The zero-order valence-electron chi connectivity index (χ0n) is 21.9. The number of carbonyl (C=O) groups excluding carboxylic acids is 1. The van der Waals surface area contributed by atoms with Crippen LogP contribution in [0, 0.1) is 26.1 Å². The van der Waals surface area contributed by atoms with E-state index >= 15 is 0 Å². The van der Waals surface area contributed by atoms with E-state index in [0.717, 1.165) is 16.8 Å². The maximum atomic E-state index is 13.7. The molecule has 10 nitrogen and oxygen atoms in total. The number of nitro groups is 2. The standard InChI is InChI=1S/C29H27ClN4O6S/c30-26-24(41-23-7-2-1-6-22(23)34(38)39)16-21-25(26)19-4-3-5-20(29(35)32-12-14-40-15-13-32)28(19)31-27(21)17-8-10-18(11-9-17)33(36)37/h1-11,21,24-27,31H,12-16H2/t21-,24+,25-,26-,27-/m1/s1. The van der Waals surface area contributed by atoms with Crippen LogP contribution < -0.4 is 5.32 Å². The number of para-hydroxylation sites is 2. The number of anilines is 1. The molecule has 0 unspecified atom stereocenters. The van der Waals surface area contributed by atoms with Gasteiger partial charge in [0.25, 0.3) is 17.3 Å². The van der Waals surface area contributed by atoms with Crippen molar-refractivity contribution in [2.24, 2.45) is 5.92 Å². The Morgan fingerprint density at radius 1 is 0.976 bits per heavy atom. The molecule has 212 valence electrons. The van der Waals surface area contributed by atoms with Crippen LogP contribution in [0.2, 0.25) is 0 Å². The Balaban J connectivity index is 1.40. The summed E-state index contributed by atoms with van der Waals surface area (Å²) in [6.45, 7) is 1.98. The predicted octanol–water partition coefficient (Wildman–Crippen LogP) is 6.01. The van der Waals surface area contributed by atoms with Crippen molar-refractivity contribution < 1.29 is 19.4 Å². The Bertz CT molecular complexity index is 1500. The number of nitrogens with one attached hydrogen (secondary N) is 1. The van der Waals surface area contributed by atoms with Gasteiger partial charge in [-0.15, -0.1) is 23.4 Å². The quantitative estimate of drug-likeness (QED) is 0.209. The third-order valence-corrected chi connectivity index (χ3v) is 10.3. The lowest BCUT2D eigenvalue weighted by Gasteiger charge is -2.39. The predicted molar refractivity (Wildman–Crippen MR) is 156 cm³/mol. The van der Waals surface area contributed by atoms with E-state index in [2.05, 4.69) is 5.32 Å². The molecule has 2 heterocycles. The van der Waals surface area contributed by atoms with Crippen LogP contribution in [0.3, 0.4) is 0 Å². The fraction of sp³-hybridized carbons (Fsp3) is 0.345. The summed E-state index contributed by atoms with van der Waals surface area (Å²) in [6, 6.07) is 18.5. The molecule has 3 aliphatic rings. The third-order valence-electron chi connectivity index (χ3n) is 8.18. The van der Waals surface area contributed by atoms with Gasteiger partial charge < -0.3 is 15.0 Å². The molecule has 1 saturated heterocycles. The van der Waals surface area contributed by atoms with Gasteiger partial charge in [-0.05, 0) is 35.6 Å². The third kappa shape index (κ3) is 5.13. The summed E-state index contributed by atoms with van der Waals surface area (Å²) in [6.07, 6.45) is 0.658. The minimum absolute atomic E-state index is 0.00356. The number of nitrogens with zero attached hydrogens (tertiary/aromatic N) is 3. The Kier molecular flexibility index (Phi) is 7.58. The summed E-state index contributed by atoms with van der Waals surface area (Å²) in [5.74, 6) is -0.250. The van der Waals surface area contributed by atoms with Gasteiger partial charge >= 0.3 is 0 Å². The number of amides is 1. The molecule has 2 aliphatic heterocycles. The highest BCUT2D eigenvalue weighted by Crippen LogP contribution is 2.58. The number of rotatable bonds is 6. The van der Waals surface area contributed by atoms with Gasteiger partial charge in [0.05, 0.1) is 50.6 Å². The van der Waals surface area contributed by atoms with Gasteiger partial charge in [0, 0.05) is 42.5 Å². The molecular weight excluding hydrogens is 568 g/mol. The second-order valence-corrected chi connectivity index (χ2v) is 12.2. The number of halogens is 1. The van der Waals surface area contributed by atoms with Gasteiger partial charge in [0.2, 0.25) is 0 Å². The number of fused-ring (bicyclic) bond motifs is 3. The average Bonchev–Trinajstić information content (AvgIpc) is 3.32. The molecule has 0 bridgehead atoms. The highest BCUT2D eigenvalue weighted by atomic mass is 35.5. The maximum Gasteiger partial charge on any atom is 0.282 e. The minimum atomic E-state index is -0.431. The monoisotopic (exact) mass is 594 g/mol. The van der Waals surface area contributed by atoms with Crippen molar-refractivity contribution in [2.75, 3.05) is 31.6 Å². The molecule has 2 fully saturated rings. The van der Waals surface area contributed by atoms with E-state index in [4.69, 9.17) is 16.3 Å². The number of thioether (sulfide) groups is 1. The van der Waals surface area contributed by atoms with Crippen molar-refractivity contribution in [3.05, 3.63) is 104 Å². The largest absolute Gasteiger partial charge is 0.378 e. The molecule has 0 aromatic heterocycles. The number of hydrogen-bond donors (Lipinski definition) is 1. The van der Waals surface area contributed by atoms with Crippen molar-refractivity contribution >= 4 is 46.3 Å². The van der Waals surface area contributed by atoms with Crippen LogP contribution in [0.5, 0.6) is 0 Å². The van der Waals surface area contributed by atoms with E-state index < -0.39 is 4.92 Å². The Hall–Kier alpha value is -3.67. The molecule has 12 heteroatoms. The van der Waals surface area contributed by atoms with Crippen LogP contribution in [-0.2, 0) is 4.74 Å². The molecule has 1 aliphatic carbocycles. The Morgan fingerprint density at radius 3 is 2.41 bits per heavy atom. The number of morpholine rings is 1. The Morgan fingerprint density at radius 2 is 1.71 bits per heavy atom. The lowest BCUT2D eigenvalue weighted by molar-refractivity contribution is -0.387.